The molecule has 1 N–H and O–H groups in total. The number of nitrogens with zero attached hydrogens (tertiary/aromatic N) is 4. The molecule has 3 aromatic heterocycles. The number of nitrogens with one attached hydrogen (secondary N) is 1. The summed E-state index contributed by atoms with van der Waals surface area (Å²) in [4.78, 5) is 11.6. The third-order valence-corrected chi connectivity index (χ3v) is 5.93. The van der Waals surface area contributed by atoms with Gasteiger partial charge in [0.2, 0.25) is 0 Å². The molecule has 6 heteroatoms. The predicted molar refractivity (Wildman–Crippen MR) is 120 cm³/mol. The highest BCUT2D eigenvalue weighted by molar-refractivity contribution is 7.80. The van der Waals surface area contributed by atoms with Crippen molar-refractivity contribution in [1.29, 1.82) is 0 Å². The van der Waals surface area contributed by atoms with Crippen LogP contribution in [0.3, 0.4) is 0 Å². The van der Waals surface area contributed by atoms with Gasteiger partial charge in [-0.1, -0.05) is 19.1 Å². The molecule has 1 fully saturated rings. The molecule has 29 heavy (non-hydrogen) atoms. The van der Waals surface area contributed by atoms with Gasteiger partial charge in [-0.15, -0.1) is 0 Å². The van der Waals surface area contributed by atoms with E-state index in [0.29, 0.717) is 0 Å². The molecule has 4 heterocycles. The van der Waals surface area contributed by atoms with E-state index in [1.807, 2.05) is 24.5 Å². The molecule has 4 rings (SSSR count). The van der Waals surface area contributed by atoms with Crippen LogP contribution < -0.4 is 5.32 Å². The summed E-state index contributed by atoms with van der Waals surface area (Å²) >= 11 is 5.72. The van der Waals surface area contributed by atoms with E-state index in [0.717, 1.165) is 35.2 Å². The Kier molecular flexibility index (Phi) is 5.37. The van der Waals surface area contributed by atoms with Crippen LogP contribution in [0.15, 0.2) is 48.8 Å². The van der Waals surface area contributed by atoms with Crippen LogP contribution in [0.25, 0.3) is 5.82 Å². The summed E-state index contributed by atoms with van der Waals surface area (Å²) in [7, 11) is 0. The van der Waals surface area contributed by atoms with Gasteiger partial charge in [0, 0.05) is 30.3 Å². The monoisotopic (exact) mass is 405 g/mol. The van der Waals surface area contributed by atoms with E-state index < -0.39 is 0 Å². The topological polar surface area (TPSA) is 46.0 Å². The lowest BCUT2D eigenvalue weighted by atomic mass is 9.96. The number of hydrogen-bond acceptors (Lipinski definition) is 3. The molecule has 0 aromatic carbocycles. The molecular formula is C23H27N5S. The van der Waals surface area contributed by atoms with Gasteiger partial charge in [-0.05, 0) is 74.8 Å². The van der Waals surface area contributed by atoms with Crippen molar-refractivity contribution in [3.8, 4) is 5.82 Å². The minimum Gasteiger partial charge on any atom is -0.352 e. The fourth-order valence-electron chi connectivity index (χ4n) is 4.26. The van der Waals surface area contributed by atoms with Gasteiger partial charge in [0.1, 0.15) is 5.82 Å². The summed E-state index contributed by atoms with van der Waals surface area (Å²) in [6.45, 7) is 9.46. The summed E-state index contributed by atoms with van der Waals surface area (Å²) in [5.74, 6) is 0.946. The Morgan fingerprint density at radius 3 is 2.59 bits per heavy atom. The lowest BCUT2D eigenvalue weighted by Crippen LogP contribution is -2.30. The van der Waals surface area contributed by atoms with Crippen molar-refractivity contribution in [3.63, 3.8) is 0 Å². The minimum absolute atomic E-state index is 0.0233. The molecule has 0 radical (unpaired) electrons. The van der Waals surface area contributed by atoms with Crippen molar-refractivity contribution in [3.05, 3.63) is 77.0 Å². The first-order chi connectivity index (χ1) is 14.0. The van der Waals surface area contributed by atoms with Gasteiger partial charge < -0.3 is 14.8 Å². The van der Waals surface area contributed by atoms with Crippen LogP contribution in [-0.4, -0.2) is 31.1 Å². The highest BCUT2D eigenvalue weighted by Gasteiger charge is 2.40. The Bertz CT molecular complexity index is 1010. The van der Waals surface area contributed by atoms with Gasteiger partial charge in [0.25, 0.3) is 0 Å². The normalized spacial score (nSPS) is 18.9. The molecule has 1 saturated heterocycles. The summed E-state index contributed by atoms with van der Waals surface area (Å²) in [6, 6.07) is 12.6. The average Bonchev–Trinajstić information content (AvgIpc) is 3.20. The third kappa shape index (κ3) is 3.53. The first-order valence-electron chi connectivity index (χ1n) is 10.1. The van der Waals surface area contributed by atoms with Crippen molar-refractivity contribution < 1.29 is 0 Å². The summed E-state index contributed by atoms with van der Waals surface area (Å²) < 4.78 is 2.23. The Morgan fingerprint density at radius 1 is 1.10 bits per heavy atom. The second-order valence-corrected chi connectivity index (χ2v) is 8.06. The Labute approximate surface area is 177 Å². The van der Waals surface area contributed by atoms with Gasteiger partial charge >= 0.3 is 0 Å². The van der Waals surface area contributed by atoms with Gasteiger partial charge in [0.15, 0.2) is 5.11 Å². The Balaban J connectivity index is 1.82. The minimum atomic E-state index is 0.0233. The largest absolute Gasteiger partial charge is 0.352 e. The zero-order chi connectivity index (χ0) is 20.5. The maximum absolute atomic E-state index is 5.72. The second kappa shape index (κ2) is 7.95. The molecule has 2 atom stereocenters. The van der Waals surface area contributed by atoms with Crippen molar-refractivity contribution in [2.75, 3.05) is 6.54 Å². The lowest BCUT2D eigenvalue weighted by molar-refractivity contribution is 0.316. The molecule has 5 nitrogen and oxygen atoms in total. The van der Waals surface area contributed by atoms with Gasteiger partial charge in [-0.25, -0.2) is 4.98 Å². The molecular weight excluding hydrogens is 378 g/mol. The van der Waals surface area contributed by atoms with Crippen LogP contribution in [-0.2, 0) is 0 Å². The van der Waals surface area contributed by atoms with Crippen molar-refractivity contribution >= 4 is 17.3 Å². The Morgan fingerprint density at radius 2 is 1.93 bits per heavy atom. The smallest absolute Gasteiger partial charge is 0.170 e. The van der Waals surface area contributed by atoms with Crippen LogP contribution in [0.2, 0.25) is 0 Å². The molecule has 0 unspecified atom stereocenters. The second-order valence-electron chi connectivity index (χ2n) is 7.68. The first-order valence-corrected chi connectivity index (χ1v) is 10.5. The SMILES string of the molecule is CCCN1C(=S)N[C@H](c2ccccn2)[C@@H]1c1cc(C)n(-c2ccc(C)cn2)c1C. The summed E-state index contributed by atoms with van der Waals surface area (Å²) in [6.07, 6.45) is 4.80. The van der Waals surface area contributed by atoms with Crippen LogP contribution in [0.4, 0.5) is 0 Å². The molecule has 1 aliphatic rings. The van der Waals surface area contributed by atoms with Crippen LogP contribution in [0, 0.1) is 20.8 Å². The highest BCUT2D eigenvalue weighted by Crippen LogP contribution is 2.41. The number of hydrogen-bond donors (Lipinski definition) is 1. The number of rotatable bonds is 5. The maximum Gasteiger partial charge on any atom is 0.170 e. The number of thiocarbonyl (C=S) groups is 1. The number of aromatic nitrogens is 3. The zero-order valence-electron chi connectivity index (χ0n) is 17.4. The van der Waals surface area contributed by atoms with Crippen molar-refractivity contribution in [1.82, 2.24) is 24.8 Å². The zero-order valence-corrected chi connectivity index (χ0v) is 18.2. The molecule has 0 spiro atoms. The summed E-state index contributed by atoms with van der Waals surface area (Å²) in [5.41, 5.74) is 5.80. The average molecular weight is 406 g/mol. The molecule has 0 bridgehead atoms. The number of pyridine rings is 2. The molecule has 1 aliphatic heterocycles. The van der Waals surface area contributed by atoms with E-state index >= 15 is 0 Å². The maximum atomic E-state index is 5.72. The Hall–Kier alpha value is -2.73. The highest BCUT2D eigenvalue weighted by atomic mass is 32.1. The van der Waals surface area contributed by atoms with Crippen LogP contribution >= 0.6 is 12.2 Å². The standard InChI is InChI=1S/C23H27N5S/c1-5-12-27-22(21(26-23(27)29)19-8-6-7-11-24-19)18-13-16(3)28(17(18)4)20-10-9-15(2)14-25-20/h6-11,13-14,21-22H,5,12H2,1-4H3,(H,26,29)/t21-,22+/m1/s1. The lowest BCUT2D eigenvalue weighted by Gasteiger charge is -2.27. The molecule has 0 saturated carbocycles. The van der Waals surface area contributed by atoms with Crippen molar-refractivity contribution in [2.45, 2.75) is 46.2 Å². The van der Waals surface area contributed by atoms with Crippen LogP contribution in [0.1, 0.15) is 53.6 Å². The van der Waals surface area contributed by atoms with Gasteiger partial charge in [-0.2, -0.15) is 0 Å². The fourth-order valence-corrected chi connectivity index (χ4v) is 4.59. The first kappa shape index (κ1) is 19.6. The van der Waals surface area contributed by atoms with E-state index in [4.69, 9.17) is 12.2 Å². The van der Waals surface area contributed by atoms with E-state index in [2.05, 4.69) is 76.7 Å². The van der Waals surface area contributed by atoms with E-state index in [-0.39, 0.29) is 12.1 Å². The van der Waals surface area contributed by atoms with E-state index in [1.54, 1.807) is 0 Å². The molecule has 150 valence electrons. The molecule has 0 amide bonds. The predicted octanol–water partition coefficient (Wildman–Crippen LogP) is 4.58. The quantitative estimate of drug-likeness (QED) is 0.630. The third-order valence-electron chi connectivity index (χ3n) is 5.58. The molecule has 0 aliphatic carbocycles. The van der Waals surface area contributed by atoms with E-state index in [9.17, 15) is 0 Å². The van der Waals surface area contributed by atoms with Gasteiger partial charge in [-0.3, -0.25) is 4.98 Å². The fraction of sp³-hybridized carbons (Fsp3) is 0.348. The molecule has 3 aromatic rings. The van der Waals surface area contributed by atoms with Crippen molar-refractivity contribution in [2.24, 2.45) is 0 Å². The number of aryl methyl sites for hydroxylation is 2. The van der Waals surface area contributed by atoms with E-state index in [1.165, 1.54) is 17.0 Å². The van der Waals surface area contributed by atoms with Gasteiger partial charge in [0.05, 0.1) is 17.8 Å². The summed E-state index contributed by atoms with van der Waals surface area (Å²) in [5, 5.41) is 4.32. The van der Waals surface area contributed by atoms with Crippen LogP contribution in [0.5, 0.6) is 0 Å².